The van der Waals surface area contributed by atoms with E-state index in [-0.39, 0.29) is 12.4 Å². The van der Waals surface area contributed by atoms with Gasteiger partial charge in [0.15, 0.2) is 5.78 Å². The summed E-state index contributed by atoms with van der Waals surface area (Å²) in [4.78, 5) is 12.3. The van der Waals surface area contributed by atoms with Gasteiger partial charge in [-0.3, -0.25) is 9.48 Å². The zero-order valence-corrected chi connectivity index (χ0v) is 12.0. The van der Waals surface area contributed by atoms with Crippen LogP contribution in [0.5, 0.6) is 5.75 Å². The summed E-state index contributed by atoms with van der Waals surface area (Å²) < 4.78 is 6.93. The third kappa shape index (κ3) is 2.45. The Kier molecular flexibility index (Phi) is 3.75. The Morgan fingerprint density at radius 1 is 1.29 bits per heavy atom. The van der Waals surface area contributed by atoms with Crippen molar-refractivity contribution in [2.45, 2.75) is 25.8 Å². The molecule has 1 aliphatic rings. The first-order chi connectivity index (χ1) is 10.2. The number of aromatic nitrogens is 2. The monoisotopic (exact) mass is 286 g/mol. The average molecular weight is 286 g/mol. The number of methoxy groups -OCH3 is 1. The van der Waals surface area contributed by atoms with Crippen molar-refractivity contribution >= 4 is 5.78 Å². The largest absolute Gasteiger partial charge is 0.497 e. The first-order valence-electron chi connectivity index (χ1n) is 7.12. The highest BCUT2D eigenvalue weighted by Gasteiger charge is 2.27. The van der Waals surface area contributed by atoms with Crippen LogP contribution in [0.25, 0.3) is 11.3 Å². The number of benzene rings is 1. The van der Waals surface area contributed by atoms with Gasteiger partial charge in [-0.25, -0.2) is 0 Å². The number of rotatable bonds is 4. The van der Waals surface area contributed by atoms with E-state index >= 15 is 0 Å². The molecule has 0 atom stereocenters. The van der Waals surface area contributed by atoms with Gasteiger partial charge in [0.05, 0.1) is 25.8 Å². The number of carbonyl (C=O) groups is 1. The third-order valence-corrected chi connectivity index (χ3v) is 3.83. The Bertz CT molecular complexity index is 659. The van der Waals surface area contributed by atoms with E-state index < -0.39 is 0 Å². The van der Waals surface area contributed by atoms with Crippen LogP contribution in [-0.4, -0.2) is 34.4 Å². The second kappa shape index (κ2) is 5.69. The minimum absolute atomic E-state index is 0.0182. The summed E-state index contributed by atoms with van der Waals surface area (Å²) in [5, 5.41) is 13.7. The Morgan fingerprint density at radius 3 is 2.71 bits per heavy atom. The number of carbonyl (C=O) groups excluding carboxylic acids is 1. The Hall–Kier alpha value is -2.14. The van der Waals surface area contributed by atoms with Crippen molar-refractivity contribution in [3.05, 3.63) is 35.5 Å². The molecule has 0 bridgehead atoms. The number of fused-ring (bicyclic) bond motifs is 1. The summed E-state index contributed by atoms with van der Waals surface area (Å²) in [7, 11) is 1.62. The number of aliphatic hydroxyl groups is 1. The zero-order chi connectivity index (χ0) is 14.8. The molecule has 0 unspecified atom stereocenters. The maximum absolute atomic E-state index is 12.3. The van der Waals surface area contributed by atoms with Crippen molar-refractivity contribution in [1.29, 1.82) is 0 Å². The van der Waals surface area contributed by atoms with E-state index in [0.717, 1.165) is 35.4 Å². The molecule has 110 valence electrons. The number of aliphatic hydroxyl groups excluding tert-OH is 1. The van der Waals surface area contributed by atoms with Gasteiger partial charge in [0.25, 0.3) is 0 Å². The topological polar surface area (TPSA) is 64.3 Å². The van der Waals surface area contributed by atoms with Crippen molar-refractivity contribution in [2.24, 2.45) is 0 Å². The van der Waals surface area contributed by atoms with E-state index in [9.17, 15) is 9.90 Å². The molecule has 5 heteroatoms. The minimum Gasteiger partial charge on any atom is -0.497 e. The summed E-state index contributed by atoms with van der Waals surface area (Å²) in [6.45, 7) is 0.441. The van der Waals surface area contributed by atoms with Crippen LogP contribution in [0.4, 0.5) is 0 Å². The van der Waals surface area contributed by atoms with Gasteiger partial charge in [-0.15, -0.1) is 0 Å². The third-order valence-electron chi connectivity index (χ3n) is 3.83. The number of ketones is 1. The van der Waals surface area contributed by atoms with E-state index in [1.807, 2.05) is 24.3 Å². The van der Waals surface area contributed by atoms with Gasteiger partial charge < -0.3 is 9.84 Å². The Balaban J connectivity index is 2.10. The van der Waals surface area contributed by atoms with E-state index in [4.69, 9.17) is 4.74 Å². The molecule has 5 nitrogen and oxygen atoms in total. The van der Waals surface area contributed by atoms with Crippen LogP contribution >= 0.6 is 0 Å². The highest BCUT2D eigenvalue weighted by molar-refractivity contribution is 6.03. The molecule has 0 spiro atoms. The van der Waals surface area contributed by atoms with E-state index in [0.29, 0.717) is 18.7 Å². The van der Waals surface area contributed by atoms with Gasteiger partial charge in [-0.05, 0) is 37.1 Å². The number of hydrogen-bond acceptors (Lipinski definition) is 4. The van der Waals surface area contributed by atoms with Crippen LogP contribution in [0, 0.1) is 0 Å². The molecule has 1 aliphatic carbocycles. The van der Waals surface area contributed by atoms with Gasteiger partial charge in [0.1, 0.15) is 11.4 Å². The van der Waals surface area contributed by atoms with Crippen molar-refractivity contribution in [3.8, 4) is 17.0 Å². The number of Topliss-reactive ketones (excluding diaryl/α,β-unsaturated/α-hetero) is 1. The molecule has 0 saturated heterocycles. The smallest absolute Gasteiger partial charge is 0.166 e. The second-order valence-corrected chi connectivity index (χ2v) is 5.12. The van der Waals surface area contributed by atoms with Gasteiger partial charge in [-0.2, -0.15) is 5.10 Å². The highest BCUT2D eigenvalue weighted by atomic mass is 16.5. The summed E-state index contributed by atoms with van der Waals surface area (Å²) in [5.74, 6) is 0.917. The Labute approximate surface area is 123 Å². The minimum atomic E-state index is 0.0182. The molecule has 0 saturated carbocycles. The lowest BCUT2D eigenvalue weighted by atomic mass is 9.92. The first kappa shape index (κ1) is 13.8. The van der Waals surface area contributed by atoms with E-state index in [2.05, 4.69) is 5.10 Å². The van der Waals surface area contributed by atoms with Crippen molar-refractivity contribution in [1.82, 2.24) is 9.78 Å². The molecule has 0 amide bonds. The lowest BCUT2D eigenvalue weighted by Gasteiger charge is -2.13. The van der Waals surface area contributed by atoms with Crippen molar-refractivity contribution in [2.75, 3.05) is 13.7 Å². The molecule has 3 rings (SSSR count). The molecule has 0 radical (unpaired) electrons. The van der Waals surface area contributed by atoms with Crippen LogP contribution in [-0.2, 0) is 13.0 Å². The molecule has 2 aromatic rings. The lowest BCUT2D eigenvalue weighted by Crippen LogP contribution is -2.15. The van der Waals surface area contributed by atoms with Gasteiger partial charge >= 0.3 is 0 Å². The fourth-order valence-electron chi connectivity index (χ4n) is 2.82. The second-order valence-electron chi connectivity index (χ2n) is 5.12. The fourth-order valence-corrected chi connectivity index (χ4v) is 2.82. The molecule has 0 aliphatic heterocycles. The lowest BCUT2D eigenvalue weighted by molar-refractivity contribution is 0.0972. The number of nitrogens with zero attached hydrogens (tertiary/aromatic N) is 2. The predicted octanol–water partition coefficient (Wildman–Crippen LogP) is 2.07. The van der Waals surface area contributed by atoms with Crippen LogP contribution in [0.3, 0.4) is 0 Å². The molecule has 21 heavy (non-hydrogen) atoms. The predicted molar refractivity (Wildman–Crippen MR) is 78.6 cm³/mol. The quantitative estimate of drug-likeness (QED) is 0.934. The molecule has 1 aromatic carbocycles. The van der Waals surface area contributed by atoms with Crippen LogP contribution in [0.1, 0.15) is 28.9 Å². The van der Waals surface area contributed by atoms with E-state index in [1.165, 1.54) is 0 Å². The van der Waals surface area contributed by atoms with Gasteiger partial charge in [0.2, 0.25) is 0 Å². The fraction of sp³-hybridized carbons (Fsp3) is 0.375. The highest BCUT2D eigenvalue weighted by Crippen LogP contribution is 2.32. The normalized spacial score (nSPS) is 14.1. The van der Waals surface area contributed by atoms with Crippen molar-refractivity contribution in [3.63, 3.8) is 0 Å². The summed E-state index contributed by atoms with van der Waals surface area (Å²) in [5.41, 5.74) is 3.29. The average Bonchev–Trinajstić information content (AvgIpc) is 2.88. The molecule has 1 aromatic heterocycles. The summed E-state index contributed by atoms with van der Waals surface area (Å²) >= 11 is 0. The van der Waals surface area contributed by atoms with Crippen LogP contribution in [0.2, 0.25) is 0 Å². The Morgan fingerprint density at radius 2 is 2.05 bits per heavy atom. The number of ether oxygens (including phenoxy) is 1. The van der Waals surface area contributed by atoms with Crippen LogP contribution in [0.15, 0.2) is 24.3 Å². The van der Waals surface area contributed by atoms with Crippen molar-refractivity contribution < 1.29 is 14.6 Å². The maximum atomic E-state index is 12.3. The molecular formula is C16H18N2O3. The standard InChI is InChI=1S/C16H18N2O3/c1-21-12-7-5-11(6-8-12)16-15-13(3-2-4-14(15)20)18(17-16)9-10-19/h5-8,19H,2-4,9-10H2,1H3. The molecule has 1 heterocycles. The maximum Gasteiger partial charge on any atom is 0.166 e. The SMILES string of the molecule is COc1ccc(-c2nn(CCO)c3c2C(=O)CCC3)cc1. The molecule has 0 fully saturated rings. The molecular weight excluding hydrogens is 268 g/mol. The zero-order valence-electron chi connectivity index (χ0n) is 12.0. The number of hydrogen-bond donors (Lipinski definition) is 1. The van der Waals surface area contributed by atoms with Crippen LogP contribution < -0.4 is 4.74 Å². The summed E-state index contributed by atoms with van der Waals surface area (Å²) in [6.07, 6.45) is 2.26. The van der Waals surface area contributed by atoms with Gasteiger partial charge in [-0.1, -0.05) is 0 Å². The molecule has 1 N–H and O–H groups in total. The first-order valence-corrected chi connectivity index (χ1v) is 7.12. The van der Waals surface area contributed by atoms with Gasteiger partial charge in [0, 0.05) is 17.7 Å². The summed E-state index contributed by atoms with van der Waals surface area (Å²) in [6, 6.07) is 7.54. The van der Waals surface area contributed by atoms with E-state index in [1.54, 1.807) is 11.8 Å².